The zero-order valence-corrected chi connectivity index (χ0v) is 11.7. The highest BCUT2D eigenvalue weighted by Crippen LogP contribution is 2.28. The summed E-state index contributed by atoms with van der Waals surface area (Å²) in [4.78, 5) is 2.54. The zero-order chi connectivity index (χ0) is 12.7. The molecule has 1 aliphatic carbocycles. The van der Waals surface area contributed by atoms with E-state index in [-0.39, 0.29) is 0 Å². The summed E-state index contributed by atoms with van der Waals surface area (Å²) < 4.78 is 10.6. The first-order valence-electron chi connectivity index (χ1n) is 6.66. The van der Waals surface area contributed by atoms with Gasteiger partial charge in [0.25, 0.3) is 0 Å². The summed E-state index contributed by atoms with van der Waals surface area (Å²) in [6.07, 6.45) is 2.65. The van der Waals surface area contributed by atoms with Crippen LogP contribution in [0.1, 0.15) is 26.7 Å². The van der Waals surface area contributed by atoms with E-state index in [1.54, 1.807) is 14.2 Å². The van der Waals surface area contributed by atoms with Crippen LogP contribution in [0.25, 0.3) is 0 Å². The second kappa shape index (κ2) is 8.03. The molecule has 0 saturated heterocycles. The molecule has 0 aromatic rings. The SMILES string of the molecule is COCCN(C1CC1)C(CNC(C)C)COC. The van der Waals surface area contributed by atoms with Crippen molar-refractivity contribution in [3.05, 3.63) is 0 Å². The molecule has 102 valence electrons. The lowest BCUT2D eigenvalue weighted by Gasteiger charge is -2.32. The Kier molecular flexibility index (Phi) is 7.04. The van der Waals surface area contributed by atoms with E-state index < -0.39 is 0 Å². The average Bonchev–Trinajstić information content (AvgIpc) is 3.10. The van der Waals surface area contributed by atoms with Crippen LogP contribution in [-0.4, -0.2) is 63.5 Å². The highest BCUT2D eigenvalue weighted by atomic mass is 16.5. The van der Waals surface area contributed by atoms with Gasteiger partial charge in [-0.1, -0.05) is 13.8 Å². The van der Waals surface area contributed by atoms with Crippen molar-refractivity contribution < 1.29 is 9.47 Å². The van der Waals surface area contributed by atoms with Crippen molar-refractivity contribution in [2.75, 3.05) is 40.5 Å². The lowest BCUT2D eigenvalue weighted by atomic mass is 10.2. The van der Waals surface area contributed by atoms with Gasteiger partial charge in [-0.05, 0) is 12.8 Å². The standard InChI is InChI=1S/C13H28N2O2/c1-11(2)14-9-13(10-17-4)15(7-8-16-3)12-5-6-12/h11-14H,5-10H2,1-4H3. The molecule has 1 saturated carbocycles. The maximum Gasteiger partial charge on any atom is 0.0630 e. The minimum atomic E-state index is 0.463. The molecule has 0 amide bonds. The summed E-state index contributed by atoms with van der Waals surface area (Å²) in [5.74, 6) is 0. The van der Waals surface area contributed by atoms with E-state index in [9.17, 15) is 0 Å². The van der Waals surface area contributed by atoms with Gasteiger partial charge in [0.05, 0.1) is 13.2 Å². The molecular formula is C13H28N2O2. The first kappa shape index (κ1) is 14.9. The lowest BCUT2D eigenvalue weighted by Crippen LogP contribution is -2.48. The third kappa shape index (κ3) is 5.82. The van der Waals surface area contributed by atoms with Gasteiger partial charge in [0.15, 0.2) is 0 Å². The van der Waals surface area contributed by atoms with Crippen molar-refractivity contribution in [1.29, 1.82) is 0 Å². The number of hydrogen-bond donors (Lipinski definition) is 1. The molecular weight excluding hydrogens is 216 g/mol. The van der Waals surface area contributed by atoms with Gasteiger partial charge in [-0.3, -0.25) is 4.90 Å². The monoisotopic (exact) mass is 244 g/mol. The van der Waals surface area contributed by atoms with Gasteiger partial charge in [-0.25, -0.2) is 0 Å². The summed E-state index contributed by atoms with van der Waals surface area (Å²) >= 11 is 0. The van der Waals surface area contributed by atoms with Gasteiger partial charge in [0.1, 0.15) is 0 Å². The fraction of sp³-hybridized carbons (Fsp3) is 1.00. The molecule has 1 N–H and O–H groups in total. The largest absolute Gasteiger partial charge is 0.383 e. The summed E-state index contributed by atoms with van der Waals surface area (Å²) in [5.41, 5.74) is 0. The number of rotatable bonds is 10. The molecule has 0 radical (unpaired) electrons. The molecule has 0 aromatic heterocycles. The van der Waals surface area contributed by atoms with Gasteiger partial charge in [0.2, 0.25) is 0 Å². The second-order valence-electron chi connectivity index (χ2n) is 5.13. The Morgan fingerprint density at radius 2 is 1.94 bits per heavy atom. The third-order valence-corrected chi connectivity index (χ3v) is 3.16. The van der Waals surface area contributed by atoms with E-state index in [0.717, 1.165) is 32.3 Å². The second-order valence-corrected chi connectivity index (χ2v) is 5.13. The van der Waals surface area contributed by atoms with Crippen LogP contribution in [0, 0.1) is 0 Å². The topological polar surface area (TPSA) is 33.7 Å². The smallest absolute Gasteiger partial charge is 0.0630 e. The molecule has 0 aliphatic heterocycles. The van der Waals surface area contributed by atoms with Crippen LogP contribution in [0.2, 0.25) is 0 Å². The summed E-state index contributed by atoms with van der Waals surface area (Å²) in [5, 5.41) is 3.51. The molecule has 17 heavy (non-hydrogen) atoms. The normalized spacial score (nSPS) is 18.0. The van der Waals surface area contributed by atoms with Crippen LogP contribution in [0.4, 0.5) is 0 Å². The Morgan fingerprint density at radius 3 is 2.41 bits per heavy atom. The first-order chi connectivity index (χ1) is 8.19. The molecule has 0 aromatic carbocycles. The number of nitrogens with one attached hydrogen (secondary N) is 1. The first-order valence-corrected chi connectivity index (χ1v) is 6.66. The third-order valence-electron chi connectivity index (χ3n) is 3.16. The maximum absolute atomic E-state index is 5.35. The zero-order valence-electron chi connectivity index (χ0n) is 11.7. The molecule has 4 nitrogen and oxygen atoms in total. The molecule has 4 heteroatoms. The fourth-order valence-corrected chi connectivity index (χ4v) is 2.10. The van der Waals surface area contributed by atoms with Crippen LogP contribution < -0.4 is 5.32 Å². The van der Waals surface area contributed by atoms with Gasteiger partial charge < -0.3 is 14.8 Å². The highest BCUT2D eigenvalue weighted by Gasteiger charge is 2.33. The van der Waals surface area contributed by atoms with E-state index in [4.69, 9.17) is 9.47 Å². The van der Waals surface area contributed by atoms with Gasteiger partial charge in [0, 0.05) is 45.4 Å². The van der Waals surface area contributed by atoms with E-state index in [2.05, 4.69) is 24.1 Å². The van der Waals surface area contributed by atoms with Crippen molar-refractivity contribution in [2.24, 2.45) is 0 Å². The molecule has 1 rings (SSSR count). The Morgan fingerprint density at radius 1 is 1.24 bits per heavy atom. The van der Waals surface area contributed by atoms with Crippen LogP contribution in [0.15, 0.2) is 0 Å². The molecule has 0 spiro atoms. The lowest BCUT2D eigenvalue weighted by molar-refractivity contribution is 0.0611. The minimum absolute atomic E-state index is 0.463. The van der Waals surface area contributed by atoms with Gasteiger partial charge in [-0.2, -0.15) is 0 Å². The van der Waals surface area contributed by atoms with Crippen molar-refractivity contribution in [3.8, 4) is 0 Å². The van der Waals surface area contributed by atoms with Crippen LogP contribution in [-0.2, 0) is 9.47 Å². The van der Waals surface area contributed by atoms with Crippen molar-refractivity contribution in [1.82, 2.24) is 10.2 Å². The Bertz CT molecular complexity index is 196. The average molecular weight is 244 g/mol. The quantitative estimate of drug-likeness (QED) is 0.624. The number of nitrogens with zero attached hydrogens (tertiary/aromatic N) is 1. The van der Waals surface area contributed by atoms with E-state index in [1.807, 2.05) is 0 Å². The number of ether oxygens (including phenoxy) is 2. The highest BCUT2D eigenvalue weighted by molar-refractivity contribution is 4.89. The minimum Gasteiger partial charge on any atom is -0.383 e. The predicted octanol–water partition coefficient (Wildman–Crippen LogP) is 1.11. The molecule has 1 fully saturated rings. The molecule has 1 unspecified atom stereocenters. The molecule has 1 aliphatic rings. The Hall–Kier alpha value is -0.160. The van der Waals surface area contributed by atoms with E-state index in [1.165, 1.54) is 12.8 Å². The Balaban J connectivity index is 2.44. The van der Waals surface area contributed by atoms with Crippen molar-refractivity contribution >= 4 is 0 Å². The summed E-state index contributed by atoms with van der Waals surface area (Å²) in [6.45, 7) is 7.96. The summed E-state index contributed by atoms with van der Waals surface area (Å²) in [6, 6.07) is 1.74. The van der Waals surface area contributed by atoms with Crippen LogP contribution >= 0.6 is 0 Å². The van der Waals surface area contributed by atoms with Crippen LogP contribution in [0.3, 0.4) is 0 Å². The number of methoxy groups -OCH3 is 2. The fourth-order valence-electron chi connectivity index (χ4n) is 2.10. The van der Waals surface area contributed by atoms with Gasteiger partial charge >= 0.3 is 0 Å². The van der Waals surface area contributed by atoms with Gasteiger partial charge in [-0.15, -0.1) is 0 Å². The summed E-state index contributed by atoms with van der Waals surface area (Å²) in [7, 11) is 3.55. The predicted molar refractivity (Wildman–Crippen MR) is 70.4 cm³/mol. The number of hydrogen-bond acceptors (Lipinski definition) is 4. The molecule has 0 heterocycles. The van der Waals surface area contributed by atoms with E-state index >= 15 is 0 Å². The molecule has 1 atom stereocenters. The molecule has 0 bridgehead atoms. The maximum atomic E-state index is 5.35. The van der Waals surface area contributed by atoms with Crippen molar-refractivity contribution in [2.45, 2.75) is 44.8 Å². The van der Waals surface area contributed by atoms with E-state index in [0.29, 0.717) is 12.1 Å². The van der Waals surface area contributed by atoms with Crippen LogP contribution in [0.5, 0.6) is 0 Å². The van der Waals surface area contributed by atoms with Crippen molar-refractivity contribution in [3.63, 3.8) is 0 Å². The Labute approximate surface area is 106 Å².